The fourth-order valence-electron chi connectivity index (χ4n) is 3.89. The zero-order valence-electron chi connectivity index (χ0n) is 16.8. The summed E-state index contributed by atoms with van der Waals surface area (Å²) >= 11 is -3.61. The Bertz CT molecular complexity index is 854. The van der Waals surface area contributed by atoms with E-state index in [4.69, 9.17) is 4.74 Å². The van der Waals surface area contributed by atoms with Crippen molar-refractivity contribution in [2.45, 2.75) is 17.0 Å². The van der Waals surface area contributed by atoms with Crippen LogP contribution in [-0.2, 0) is 9.53 Å². The Kier molecular flexibility index (Phi) is 6.93. The monoisotopic (exact) mass is 494 g/mol. The number of ether oxygens (including phenoxy) is 1. The Morgan fingerprint density at radius 3 is 1.59 bits per heavy atom. The number of hydrogen-bond acceptors (Lipinski definition) is 3. The van der Waals surface area contributed by atoms with Gasteiger partial charge in [-0.1, -0.05) is 0 Å². The standard InChI is InChI=1S/C7H11O3.3C6H5.Sn/c1-7(2,9)5-4-6(8)10-3;3*1-2-4-6-5-3-1;/h4-5,9H,1H2,2-3H3;3*1-5H;/b5-4+;;;;. The molecule has 0 bridgehead atoms. The van der Waals surface area contributed by atoms with E-state index in [-0.39, 0.29) is 0 Å². The number of benzene rings is 3. The third-order valence-corrected chi connectivity index (χ3v) is 20.1. The molecule has 29 heavy (non-hydrogen) atoms. The first-order chi connectivity index (χ1) is 14.0. The van der Waals surface area contributed by atoms with Gasteiger partial charge in [0.05, 0.1) is 0 Å². The second-order valence-electron chi connectivity index (χ2n) is 7.39. The summed E-state index contributed by atoms with van der Waals surface area (Å²) in [5, 5.41) is 11.3. The van der Waals surface area contributed by atoms with E-state index in [0.29, 0.717) is 4.44 Å². The molecule has 0 aliphatic rings. The minimum absolute atomic E-state index is 0.467. The van der Waals surface area contributed by atoms with E-state index < -0.39 is 29.9 Å². The van der Waals surface area contributed by atoms with Crippen molar-refractivity contribution >= 4 is 35.1 Å². The maximum absolute atomic E-state index is 11.6. The average Bonchev–Trinajstić information content (AvgIpc) is 2.77. The Morgan fingerprint density at radius 1 is 0.862 bits per heavy atom. The number of rotatable bonds is 7. The first-order valence-corrected chi connectivity index (χ1v) is 15.9. The van der Waals surface area contributed by atoms with Gasteiger partial charge in [-0.25, -0.2) is 0 Å². The van der Waals surface area contributed by atoms with Crippen molar-refractivity contribution in [2.24, 2.45) is 0 Å². The number of carbonyl (C=O) groups excluding carboxylic acids is 1. The molecule has 0 saturated carbocycles. The van der Waals surface area contributed by atoms with Gasteiger partial charge in [-0.05, 0) is 0 Å². The van der Waals surface area contributed by atoms with Gasteiger partial charge in [0.2, 0.25) is 0 Å². The molecular formula is C25H26O3Sn. The molecule has 148 valence electrons. The summed E-state index contributed by atoms with van der Waals surface area (Å²) in [6.07, 6.45) is 2.89. The van der Waals surface area contributed by atoms with E-state index in [1.807, 2.05) is 18.2 Å². The van der Waals surface area contributed by atoms with Crippen molar-refractivity contribution in [3.8, 4) is 0 Å². The Morgan fingerprint density at radius 2 is 1.24 bits per heavy atom. The summed E-state index contributed by atoms with van der Waals surface area (Å²) in [5.41, 5.74) is -1.16. The van der Waals surface area contributed by atoms with Gasteiger partial charge in [-0.3, -0.25) is 0 Å². The number of aliphatic hydroxyl groups is 1. The maximum atomic E-state index is 11.6. The van der Waals surface area contributed by atoms with Gasteiger partial charge in [0, 0.05) is 0 Å². The third-order valence-electron chi connectivity index (χ3n) is 5.20. The van der Waals surface area contributed by atoms with Crippen molar-refractivity contribution < 1.29 is 14.6 Å². The second-order valence-corrected chi connectivity index (χ2v) is 18.5. The summed E-state index contributed by atoms with van der Waals surface area (Å²) in [7, 11) is 1.34. The van der Waals surface area contributed by atoms with Crippen molar-refractivity contribution in [3.63, 3.8) is 0 Å². The van der Waals surface area contributed by atoms with Gasteiger partial charge < -0.3 is 0 Å². The zero-order valence-corrected chi connectivity index (χ0v) is 19.6. The number of esters is 1. The average molecular weight is 493 g/mol. The molecule has 3 aromatic rings. The molecule has 4 heteroatoms. The molecule has 3 aromatic carbocycles. The molecule has 0 aliphatic carbocycles. The molecular weight excluding hydrogens is 467 g/mol. The quantitative estimate of drug-likeness (QED) is 0.313. The van der Waals surface area contributed by atoms with Gasteiger partial charge in [-0.15, -0.1) is 0 Å². The van der Waals surface area contributed by atoms with E-state index in [0.717, 1.165) is 0 Å². The molecule has 0 radical (unpaired) electrons. The van der Waals surface area contributed by atoms with Crippen LogP contribution in [0.1, 0.15) is 6.92 Å². The normalized spacial score (nSPS) is 13.8. The molecule has 1 atom stereocenters. The predicted octanol–water partition coefficient (Wildman–Crippen LogP) is 2.64. The molecule has 0 aromatic heterocycles. The van der Waals surface area contributed by atoms with Gasteiger partial charge in [0.1, 0.15) is 0 Å². The molecule has 0 aliphatic heterocycles. The van der Waals surface area contributed by atoms with Crippen LogP contribution in [0.15, 0.2) is 103 Å². The van der Waals surface area contributed by atoms with Crippen molar-refractivity contribution in [3.05, 3.63) is 103 Å². The van der Waals surface area contributed by atoms with Gasteiger partial charge in [0.25, 0.3) is 0 Å². The summed E-state index contributed by atoms with van der Waals surface area (Å²) in [5.74, 6) is -0.467. The van der Waals surface area contributed by atoms with Crippen LogP contribution in [-0.4, -0.2) is 42.2 Å². The molecule has 0 heterocycles. The van der Waals surface area contributed by atoms with E-state index in [1.165, 1.54) is 23.9 Å². The molecule has 1 N–H and O–H groups in total. The SMILES string of the molecule is COC(=O)/C=C/C(C)(O)[CH2][Sn]([c]1ccccc1)([c]1ccccc1)[c]1ccccc1. The van der Waals surface area contributed by atoms with Crippen LogP contribution in [0, 0.1) is 0 Å². The van der Waals surface area contributed by atoms with Crippen LogP contribution in [0.2, 0.25) is 4.44 Å². The van der Waals surface area contributed by atoms with Crippen LogP contribution >= 0.6 is 0 Å². The van der Waals surface area contributed by atoms with E-state index in [2.05, 4.69) is 72.8 Å². The zero-order chi connectivity index (χ0) is 20.7. The van der Waals surface area contributed by atoms with E-state index in [1.54, 1.807) is 13.0 Å². The molecule has 0 saturated heterocycles. The first-order valence-electron chi connectivity index (χ1n) is 9.64. The van der Waals surface area contributed by atoms with Crippen molar-refractivity contribution in [1.82, 2.24) is 0 Å². The third kappa shape index (κ3) is 4.98. The second kappa shape index (κ2) is 9.42. The summed E-state index contributed by atoms with van der Waals surface area (Å²) in [6.45, 7) is 1.77. The number of carbonyl (C=O) groups is 1. The van der Waals surface area contributed by atoms with Crippen LogP contribution in [0.4, 0.5) is 0 Å². The molecule has 0 amide bonds. The van der Waals surface area contributed by atoms with Crippen LogP contribution < -0.4 is 10.7 Å². The summed E-state index contributed by atoms with van der Waals surface area (Å²) in [6, 6.07) is 31.5. The molecule has 0 fully saturated rings. The number of hydrogen-bond donors (Lipinski definition) is 1. The summed E-state index contributed by atoms with van der Waals surface area (Å²) in [4.78, 5) is 11.6. The van der Waals surface area contributed by atoms with Crippen LogP contribution in [0.3, 0.4) is 0 Å². The summed E-state index contributed by atoms with van der Waals surface area (Å²) < 4.78 is 9.12. The molecule has 3 rings (SSSR count). The topological polar surface area (TPSA) is 46.5 Å². The van der Waals surface area contributed by atoms with Gasteiger partial charge in [0.15, 0.2) is 0 Å². The van der Waals surface area contributed by atoms with E-state index in [9.17, 15) is 9.90 Å². The fraction of sp³-hybridized carbons (Fsp3) is 0.160. The van der Waals surface area contributed by atoms with E-state index >= 15 is 0 Å². The van der Waals surface area contributed by atoms with Gasteiger partial charge in [-0.2, -0.15) is 0 Å². The van der Waals surface area contributed by atoms with Crippen molar-refractivity contribution in [2.75, 3.05) is 7.11 Å². The molecule has 3 nitrogen and oxygen atoms in total. The minimum atomic E-state index is -3.61. The fourth-order valence-corrected chi connectivity index (χ4v) is 18.4. The van der Waals surface area contributed by atoms with Crippen molar-refractivity contribution in [1.29, 1.82) is 0 Å². The number of methoxy groups -OCH3 is 1. The molecule has 0 spiro atoms. The predicted molar refractivity (Wildman–Crippen MR) is 121 cm³/mol. The Labute approximate surface area is 176 Å². The van der Waals surface area contributed by atoms with Crippen LogP contribution in [0.5, 0.6) is 0 Å². The van der Waals surface area contributed by atoms with Gasteiger partial charge >= 0.3 is 177 Å². The Hall–Kier alpha value is -2.37. The van der Waals surface area contributed by atoms with Crippen LogP contribution in [0.25, 0.3) is 0 Å². The first kappa shape index (κ1) is 21.3. The Balaban J connectivity index is 2.23. The molecule has 1 unspecified atom stereocenters.